The summed E-state index contributed by atoms with van der Waals surface area (Å²) in [6.45, 7) is 3.19. The smallest absolute Gasteiger partial charge is 0.427 e. The fourth-order valence-corrected chi connectivity index (χ4v) is 3.88. The van der Waals surface area contributed by atoms with Crippen molar-refractivity contribution in [2.75, 3.05) is 26.2 Å². The summed E-state index contributed by atoms with van der Waals surface area (Å²) < 4.78 is 32.2. The molecule has 0 bridgehead atoms. The number of imide groups is 1. The second kappa shape index (κ2) is 8.82. The van der Waals surface area contributed by atoms with Crippen molar-refractivity contribution in [2.45, 2.75) is 57.1 Å². The quantitative estimate of drug-likeness (QED) is 0.264. The molecule has 10 nitrogen and oxygen atoms in total. The van der Waals surface area contributed by atoms with Crippen molar-refractivity contribution in [1.82, 2.24) is 14.9 Å². The second-order valence-corrected chi connectivity index (χ2v) is 8.55. The largest absolute Gasteiger partial charge is 0.534 e. The Morgan fingerprint density at radius 3 is 2.44 bits per heavy atom. The zero-order valence-corrected chi connectivity index (χ0v) is 17.8. The van der Waals surface area contributed by atoms with Gasteiger partial charge in [-0.15, -0.1) is 0 Å². The normalized spacial score (nSPS) is 24.1. The van der Waals surface area contributed by atoms with Gasteiger partial charge in [0.1, 0.15) is 17.7 Å². The van der Waals surface area contributed by atoms with Gasteiger partial charge < -0.3 is 9.64 Å². The summed E-state index contributed by atoms with van der Waals surface area (Å²) in [7, 11) is 0. The summed E-state index contributed by atoms with van der Waals surface area (Å²) in [5.74, 6) is -4.69. The number of carbonyl (C=O) groups excluding carboxylic acids is 4. The average molecular weight is 454 g/mol. The number of nitriles is 1. The Hall–Kier alpha value is -3.07. The SMILES string of the molecule is CC(C)(/C=C(\C#N)C(=O)N1CC[C@H](OC(=O)ON2C(=O)CCC2=O)C1)N1CCC(F)(F)C1. The number of amides is 3. The first-order chi connectivity index (χ1) is 14.9. The summed E-state index contributed by atoms with van der Waals surface area (Å²) >= 11 is 0. The van der Waals surface area contributed by atoms with Crippen LogP contribution in [0.15, 0.2) is 11.6 Å². The minimum absolute atomic E-state index is 0.0168. The van der Waals surface area contributed by atoms with Crippen LogP contribution in [-0.4, -0.2) is 82.5 Å². The molecule has 32 heavy (non-hydrogen) atoms. The van der Waals surface area contributed by atoms with Crippen molar-refractivity contribution in [2.24, 2.45) is 0 Å². The lowest BCUT2D eigenvalue weighted by Crippen LogP contribution is -2.43. The maximum atomic E-state index is 13.6. The molecule has 0 aromatic rings. The zero-order valence-electron chi connectivity index (χ0n) is 17.8. The van der Waals surface area contributed by atoms with Gasteiger partial charge in [-0.05, 0) is 19.9 Å². The monoisotopic (exact) mass is 454 g/mol. The van der Waals surface area contributed by atoms with E-state index in [1.807, 2.05) is 6.07 Å². The van der Waals surface area contributed by atoms with Crippen LogP contribution in [0.1, 0.15) is 39.5 Å². The Bertz CT molecular complexity index is 881. The number of halogens is 2. The van der Waals surface area contributed by atoms with E-state index in [4.69, 9.17) is 4.74 Å². The third kappa shape index (κ3) is 5.21. The van der Waals surface area contributed by atoms with Crippen molar-refractivity contribution in [3.63, 3.8) is 0 Å². The zero-order chi connectivity index (χ0) is 23.7. The van der Waals surface area contributed by atoms with Crippen LogP contribution < -0.4 is 0 Å². The second-order valence-electron chi connectivity index (χ2n) is 8.55. The number of hydrogen-bond acceptors (Lipinski definition) is 8. The lowest BCUT2D eigenvalue weighted by Gasteiger charge is -2.33. The Morgan fingerprint density at radius 2 is 1.88 bits per heavy atom. The maximum absolute atomic E-state index is 13.6. The first kappa shape index (κ1) is 23.6. The van der Waals surface area contributed by atoms with Crippen molar-refractivity contribution in [3.05, 3.63) is 11.6 Å². The highest BCUT2D eigenvalue weighted by Crippen LogP contribution is 2.33. The Balaban J connectivity index is 1.57. The van der Waals surface area contributed by atoms with Gasteiger partial charge in [0.05, 0.1) is 13.1 Å². The standard InChI is InChI=1S/C20H24F2N4O6/c1-19(2,25-8-6-20(21,22)12-25)9-13(10-23)17(29)24-7-5-14(11-24)31-18(30)32-26-15(27)3-4-16(26)28/h9,14H,3-8,11-12H2,1-2H3/b13-9+/t14-/m0/s1. The van der Waals surface area contributed by atoms with Crippen LogP contribution in [0, 0.1) is 11.3 Å². The molecule has 174 valence electrons. The number of carbonyl (C=O) groups is 4. The fourth-order valence-electron chi connectivity index (χ4n) is 3.88. The van der Waals surface area contributed by atoms with Crippen LogP contribution in [0.2, 0.25) is 0 Å². The molecule has 1 atom stereocenters. The van der Waals surface area contributed by atoms with E-state index in [-0.39, 0.29) is 50.9 Å². The van der Waals surface area contributed by atoms with Crippen LogP contribution >= 0.6 is 0 Å². The molecule has 12 heteroatoms. The minimum atomic E-state index is -2.81. The highest BCUT2D eigenvalue weighted by molar-refractivity contribution is 6.01. The number of hydroxylamine groups is 2. The van der Waals surface area contributed by atoms with E-state index in [0.717, 1.165) is 0 Å². The molecule has 3 heterocycles. The molecule has 3 amide bonds. The molecule has 0 unspecified atom stereocenters. The summed E-state index contributed by atoms with van der Waals surface area (Å²) in [6.07, 6.45) is -0.716. The lowest BCUT2D eigenvalue weighted by atomic mass is 9.99. The predicted molar refractivity (Wildman–Crippen MR) is 103 cm³/mol. The molecule has 3 rings (SSSR count). The highest BCUT2D eigenvalue weighted by atomic mass is 19.3. The summed E-state index contributed by atoms with van der Waals surface area (Å²) in [5, 5.41) is 9.84. The van der Waals surface area contributed by atoms with E-state index in [9.17, 15) is 33.2 Å². The van der Waals surface area contributed by atoms with E-state index in [1.165, 1.54) is 15.9 Å². The molecule has 0 aromatic carbocycles. The molecule has 0 aliphatic carbocycles. The molecule has 0 radical (unpaired) electrons. The Kier molecular flexibility index (Phi) is 6.50. The third-order valence-corrected chi connectivity index (χ3v) is 5.70. The maximum Gasteiger partial charge on any atom is 0.534 e. The van der Waals surface area contributed by atoms with Crippen molar-refractivity contribution in [1.29, 1.82) is 5.26 Å². The van der Waals surface area contributed by atoms with Crippen molar-refractivity contribution in [3.8, 4) is 6.07 Å². The van der Waals surface area contributed by atoms with Crippen molar-refractivity contribution >= 4 is 23.9 Å². The molecule has 0 spiro atoms. The van der Waals surface area contributed by atoms with Gasteiger partial charge in [-0.1, -0.05) is 5.06 Å². The Labute approximate surface area is 183 Å². The van der Waals surface area contributed by atoms with E-state index in [0.29, 0.717) is 5.06 Å². The van der Waals surface area contributed by atoms with Gasteiger partial charge in [-0.3, -0.25) is 24.1 Å². The number of nitrogens with zero attached hydrogens (tertiary/aromatic N) is 4. The molecule has 3 aliphatic heterocycles. The molecule has 3 aliphatic rings. The van der Waals surface area contributed by atoms with Gasteiger partial charge in [0.2, 0.25) is 0 Å². The van der Waals surface area contributed by atoms with E-state index in [1.54, 1.807) is 13.8 Å². The number of likely N-dealkylation sites (tertiary alicyclic amines) is 2. The van der Waals surface area contributed by atoms with Crippen LogP contribution in [0.3, 0.4) is 0 Å². The topological polar surface area (TPSA) is 120 Å². The minimum Gasteiger partial charge on any atom is -0.427 e. The van der Waals surface area contributed by atoms with Gasteiger partial charge in [0.15, 0.2) is 0 Å². The first-order valence-electron chi connectivity index (χ1n) is 10.2. The Morgan fingerprint density at radius 1 is 1.22 bits per heavy atom. The van der Waals surface area contributed by atoms with Crippen LogP contribution in [0.4, 0.5) is 13.6 Å². The molecule has 0 N–H and O–H groups in total. The molecule has 3 saturated heterocycles. The predicted octanol–water partition coefficient (Wildman–Crippen LogP) is 1.37. The van der Waals surface area contributed by atoms with Crippen LogP contribution in [-0.2, 0) is 24.0 Å². The van der Waals surface area contributed by atoms with Crippen LogP contribution in [0.5, 0.6) is 0 Å². The summed E-state index contributed by atoms with van der Waals surface area (Å²) in [4.78, 5) is 55.1. The first-order valence-corrected chi connectivity index (χ1v) is 10.2. The van der Waals surface area contributed by atoms with Crippen LogP contribution in [0.25, 0.3) is 0 Å². The van der Waals surface area contributed by atoms with E-state index < -0.39 is 48.0 Å². The highest BCUT2D eigenvalue weighted by Gasteiger charge is 2.43. The van der Waals surface area contributed by atoms with Gasteiger partial charge in [-0.2, -0.15) is 5.26 Å². The molecule has 3 fully saturated rings. The van der Waals surface area contributed by atoms with E-state index >= 15 is 0 Å². The third-order valence-electron chi connectivity index (χ3n) is 5.70. The molecule has 0 aromatic heterocycles. The van der Waals surface area contributed by atoms with Gasteiger partial charge in [-0.25, -0.2) is 13.6 Å². The van der Waals surface area contributed by atoms with Gasteiger partial charge >= 0.3 is 6.16 Å². The molecule has 0 saturated carbocycles. The fraction of sp³-hybridized carbons (Fsp3) is 0.650. The number of hydrogen-bond donors (Lipinski definition) is 0. The van der Waals surface area contributed by atoms with Crippen molar-refractivity contribution < 1.29 is 37.5 Å². The summed E-state index contributed by atoms with van der Waals surface area (Å²) in [6, 6.07) is 1.83. The van der Waals surface area contributed by atoms with Gasteiger partial charge in [0, 0.05) is 44.3 Å². The van der Waals surface area contributed by atoms with E-state index in [2.05, 4.69) is 4.84 Å². The number of rotatable bonds is 5. The molecular weight excluding hydrogens is 430 g/mol. The lowest BCUT2D eigenvalue weighted by molar-refractivity contribution is -0.178. The molecular formula is C20H24F2N4O6. The van der Waals surface area contributed by atoms with Gasteiger partial charge in [0.25, 0.3) is 23.6 Å². The average Bonchev–Trinajstić information content (AvgIpc) is 3.41. The number of ether oxygens (including phenoxy) is 1. The number of alkyl halides is 2. The summed E-state index contributed by atoms with van der Waals surface area (Å²) in [5.41, 5.74) is -1.13.